The molecule has 0 aliphatic carbocycles. The van der Waals surface area contributed by atoms with Crippen LogP contribution >= 0.6 is 0 Å². The van der Waals surface area contributed by atoms with Gasteiger partial charge >= 0.3 is 6.03 Å². The first-order chi connectivity index (χ1) is 9.25. The lowest BCUT2D eigenvalue weighted by atomic mass is 10.3. The van der Waals surface area contributed by atoms with Gasteiger partial charge in [-0.3, -0.25) is 0 Å². The standard InChI is InChI=1S/C13H18FN3O2/c14-11-1-3-12(4-2-11)19-10-7-16-13(18)17-8-5-15-6-9-17/h1-4,15H,5-10H2,(H,16,18). The normalized spacial score (nSPS) is 15.1. The molecule has 1 aliphatic rings. The fourth-order valence-corrected chi connectivity index (χ4v) is 1.84. The van der Waals surface area contributed by atoms with Crippen LogP contribution in [0.3, 0.4) is 0 Å². The zero-order chi connectivity index (χ0) is 13.5. The maximum absolute atomic E-state index is 12.7. The number of piperazine rings is 1. The van der Waals surface area contributed by atoms with E-state index in [1.165, 1.54) is 12.1 Å². The number of hydrogen-bond acceptors (Lipinski definition) is 3. The average molecular weight is 267 g/mol. The summed E-state index contributed by atoms with van der Waals surface area (Å²) in [6.45, 7) is 3.91. The number of hydrogen-bond donors (Lipinski definition) is 2. The van der Waals surface area contributed by atoms with E-state index in [0.29, 0.717) is 18.9 Å². The number of ether oxygens (including phenoxy) is 1. The zero-order valence-electron chi connectivity index (χ0n) is 10.7. The predicted molar refractivity (Wildman–Crippen MR) is 69.7 cm³/mol. The second-order valence-corrected chi connectivity index (χ2v) is 4.27. The molecule has 0 saturated carbocycles. The number of benzene rings is 1. The second-order valence-electron chi connectivity index (χ2n) is 4.27. The van der Waals surface area contributed by atoms with Crippen LogP contribution in [0.4, 0.5) is 9.18 Å². The van der Waals surface area contributed by atoms with E-state index in [0.717, 1.165) is 26.2 Å². The number of amides is 2. The van der Waals surface area contributed by atoms with Crippen LogP contribution in [-0.4, -0.2) is 50.3 Å². The van der Waals surface area contributed by atoms with Crippen molar-refractivity contribution < 1.29 is 13.9 Å². The highest BCUT2D eigenvalue weighted by atomic mass is 19.1. The van der Waals surface area contributed by atoms with Crippen LogP contribution in [0, 0.1) is 5.82 Å². The van der Waals surface area contributed by atoms with Crippen LogP contribution in [0.1, 0.15) is 0 Å². The van der Waals surface area contributed by atoms with Crippen molar-refractivity contribution in [3.8, 4) is 5.75 Å². The summed E-state index contributed by atoms with van der Waals surface area (Å²) < 4.78 is 18.1. The minimum atomic E-state index is -0.292. The van der Waals surface area contributed by atoms with E-state index < -0.39 is 0 Å². The van der Waals surface area contributed by atoms with Gasteiger partial charge in [0, 0.05) is 26.2 Å². The van der Waals surface area contributed by atoms with Gasteiger partial charge in [-0.15, -0.1) is 0 Å². The summed E-state index contributed by atoms with van der Waals surface area (Å²) in [6.07, 6.45) is 0. The molecule has 6 heteroatoms. The first-order valence-corrected chi connectivity index (χ1v) is 6.37. The quantitative estimate of drug-likeness (QED) is 0.794. The van der Waals surface area contributed by atoms with E-state index in [-0.39, 0.29) is 11.8 Å². The van der Waals surface area contributed by atoms with E-state index in [1.807, 2.05) is 0 Å². The van der Waals surface area contributed by atoms with Crippen molar-refractivity contribution in [1.82, 2.24) is 15.5 Å². The van der Waals surface area contributed by atoms with E-state index in [4.69, 9.17) is 4.74 Å². The number of nitrogens with one attached hydrogen (secondary N) is 2. The highest BCUT2D eigenvalue weighted by Gasteiger charge is 2.14. The maximum atomic E-state index is 12.7. The van der Waals surface area contributed by atoms with Crippen LogP contribution in [-0.2, 0) is 0 Å². The fourth-order valence-electron chi connectivity index (χ4n) is 1.84. The molecule has 19 heavy (non-hydrogen) atoms. The number of urea groups is 1. The van der Waals surface area contributed by atoms with Crippen molar-refractivity contribution >= 4 is 6.03 Å². The molecular weight excluding hydrogens is 249 g/mol. The Morgan fingerprint density at radius 2 is 2.00 bits per heavy atom. The molecule has 2 amide bonds. The van der Waals surface area contributed by atoms with Crippen LogP contribution in [0.25, 0.3) is 0 Å². The summed E-state index contributed by atoms with van der Waals surface area (Å²) >= 11 is 0. The second kappa shape index (κ2) is 6.94. The van der Waals surface area contributed by atoms with E-state index >= 15 is 0 Å². The Kier molecular flexibility index (Phi) is 4.97. The Labute approximate surface area is 111 Å². The monoisotopic (exact) mass is 267 g/mol. The molecule has 1 heterocycles. The SMILES string of the molecule is O=C(NCCOc1ccc(F)cc1)N1CCNCC1. The van der Waals surface area contributed by atoms with Gasteiger partial charge < -0.3 is 20.3 Å². The molecule has 0 aromatic heterocycles. The summed E-state index contributed by atoms with van der Waals surface area (Å²) in [5.41, 5.74) is 0. The molecule has 1 aliphatic heterocycles. The van der Waals surface area contributed by atoms with Gasteiger partial charge in [-0.2, -0.15) is 0 Å². The van der Waals surface area contributed by atoms with Crippen molar-refractivity contribution in [1.29, 1.82) is 0 Å². The molecule has 0 bridgehead atoms. The van der Waals surface area contributed by atoms with Gasteiger partial charge in [0.2, 0.25) is 0 Å². The van der Waals surface area contributed by atoms with Crippen LogP contribution in [0.5, 0.6) is 5.75 Å². The molecule has 2 N–H and O–H groups in total. The molecule has 104 valence electrons. The molecule has 0 spiro atoms. The molecule has 2 rings (SSSR count). The third kappa shape index (κ3) is 4.40. The number of halogens is 1. The van der Waals surface area contributed by atoms with E-state index in [2.05, 4.69) is 10.6 Å². The summed E-state index contributed by atoms with van der Waals surface area (Å²) in [6, 6.07) is 5.74. The molecular formula is C13H18FN3O2. The minimum absolute atomic E-state index is 0.0655. The third-order valence-electron chi connectivity index (χ3n) is 2.86. The molecule has 1 fully saturated rings. The number of carbonyl (C=O) groups excluding carboxylic acids is 1. The van der Waals surface area contributed by atoms with Gasteiger partial charge in [0.15, 0.2) is 0 Å². The summed E-state index contributed by atoms with van der Waals surface area (Å²) in [5.74, 6) is 0.303. The van der Waals surface area contributed by atoms with Gasteiger partial charge in [0.25, 0.3) is 0 Å². The third-order valence-corrected chi connectivity index (χ3v) is 2.86. The van der Waals surface area contributed by atoms with Crippen LogP contribution in [0.2, 0.25) is 0 Å². The number of nitrogens with zero attached hydrogens (tertiary/aromatic N) is 1. The number of carbonyl (C=O) groups is 1. The molecule has 1 aromatic carbocycles. The Morgan fingerprint density at radius 1 is 1.32 bits per heavy atom. The van der Waals surface area contributed by atoms with Gasteiger partial charge in [-0.25, -0.2) is 9.18 Å². The summed E-state index contributed by atoms with van der Waals surface area (Å²) in [7, 11) is 0. The first-order valence-electron chi connectivity index (χ1n) is 6.37. The Balaban J connectivity index is 1.63. The molecule has 1 saturated heterocycles. The van der Waals surface area contributed by atoms with Crippen molar-refractivity contribution in [2.45, 2.75) is 0 Å². The van der Waals surface area contributed by atoms with Crippen molar-refractivity contribution in [3.05, 3.63) is 30.1 Å². The molecule has 1 aromatic rings. The van der Waals surface area contributed by atoms with E-state index in [9.17, 15) is 9.18 Å². The largest absolute Gasteiger partial charge is 0.492 e. The average Bonchev–Trinajstić information content (AvgIpc) is 2.46. The van der Waals surface area contributed by atoms with Crippen molar-refractivity contribution in [2.75, 3.05) is 39.3 Å². The van der Waals surface area contributed by atoms with E-state index in [1.54, 1.807) is 17.0 Å². The molecule has 0 unspecified atom stereocenters. The van der Waals surface area contributed by atoms with Gasteiger partial charge in [-0.05, 0) is 24.3 Å². The summed E-state index contributed by atoms with van der Waals surface area (Å²) in [5, 5.41) is 5.98. The number of rotatable bonds is 4. The topological polar surface area (TPSA) is 53.6 Å². The first kappa shape index (κ1) is 13.6. The summed E-state index contributed by atoms with van der Waals surface area (Å²) in [4.78, 5) is 13.5. The predicted octanol–water partition coefficient (Wildman–Crippen LogP) is 0.819. The highest BCUT2D eigenvalue weighted by Crippen LogP contribution is 2.10. The zero-order valence-corrected chi connectivity index (χ0v) is 10.7. The molecule has 0 radical (unpaired) electrons. The fraction of sp³-hybridized carbons (Fsp3) is 0.462. The minimum Gasteiger partial charge on any atom is -0.492 e. The molecule has 0 atom stereocenters. The smallest absolute Gasteiger partial charge is 0.317 e. The van der Waals surface area contributed by atoms with Crippen molar-refractivity contribution in [3.63, 3.8) is 0 Å². The Hall–Kier alpha value is -1.82. The van der Waals surface area contributed by atoms with Gasteiger partial charge in [0.05, 0.1) is 6.54 Å². The van der Waals surface area contributed by atoms with Crippen LogP contribution < -0.4 is 15.4 Å². The lowest BCUT2D eigenvalue weighted by Crippen LogP contribution is -2.50. The molecule has 5 nitrogen and oxygen atoms in total. The van der Waals surface area contributed by atoms with Gasteiger partial charge in [0.1, 0.15) is 18.2 Å². The highest BCUT2D eigenvalue weighted by molar-refractivity contribution is 5.74. The van der Waals surface area contributed by atoms with Gasteiger partial charge in [-0.1, -0.05) is 0 Å². The lowest BCUT2D eigenvalue weighted by Gasteiger charge is -2.27. The maximum Gasteiger partial charge on any atom is 0.317 e. The van der Waals surface area contributed by atoms with Crippen LogP contribution in [0.15, 0.2) is 24.3 Å². The lowest BCUT2D eigenvalue weighted by molar-refractivity contribution is 0.187. The Bertz CT molecular complexity index is 405. The Morgan fingerprint density at radius 3 is 2.68 bits per heavy atom. The van der Waals surface area contributed by atoms with Crippen molar-refractivity contribution in [2.24, 2.45) is 0 Å².